The van der Waals surface area contributed by atoms with Gasteiger partial charge in [-0.15, -0.1) is 23.1 Å². The SMILES string of the molecule is CCC(CC)C(C)NC1C[C@H](C)Sc2sccc21. The van der Waals surface area contributed by atoms with Gasteiger partial charge in [0.2, 0.25) is 0 Å². The van der Waals surface area contributed by atoms with Gasteiger partial charge >= 0.3 is 0 Å². The molecule has 18 heavy (non-hydrogen) atoms. The van der Waals surface area contributed by atoms with Crippen LogP contribution in [-0.2, 0) is 0 Å². The monoisotopic (exact) mass is 283 g/mol. The quantitative estimate of drug-likeness (QED) is 0.808. The van der Waals surface area contributed by atoms with Crippen molar-refractivity contribution in [2.45, 2.75) is 68.5 Å². The van der Waals surface area contributed by atoms with Crippen LogP contribution >= 0.6 is 23.1 Å². The Kier molecular flexibility index (Phi) is 5.16. The van der Waals surface area contributed by atoms with Crippen LogP contribution in [-0.4, -0.2) is 11.3 Å². The minimum absolute atomic E-state index is 0.568. The maximum atomic E-state index is 3.89. The van der Waals surface area contributed by atoms with Gasteiger partial charge < -0.3 is 5.32 Å². The van der Waals surface area contributed by atoms with Crippen LogP contribution in [0, 0.1) is 5.92 Å². The highest BCUT2D eigenvalue weighted by molar-refractivity contribution is 8.01. The van der Waals surface area contributed by atoms with Gasteiger partial charge in [-0.05, 0) is 36.3 Å². The summed E-state index contributed by atoms with van der Waals surface area (Å²) in [5, 5.41) is 6.87. The first-order chi connectivity index (χ1) is 8.65. The second-order valence-corrected chi connectivity index (χ2v) is 8.04. The third-order valence-corrected chi connectivity index (χ3v) is 6.47. The minimum atomic E-state index is 0.568. The van der Waals surface area contributed by atoms with Crippen molar-refractivity contribution in [3.63, 3.8) is 0 Å². The summed E-state index contributed by atoms with van der Waals surface area (Å²) in [4.78, 5) is 0. The Balaban J connectivity index is 2.06. The Morgan fingerprint density at radius 2 is 2.11 bits per heavy atom. The van der Waals surface area contributed by atoms with E-state index in [1.807, 2.05) is 23.1 Å². The molecule has 2 rings (SSSR count). The van der Waals surface area contributed by atoms with Crippen molar-refractivity contribution >= 4 is 23.1 Å². The average molecular weight is 284 g/mol. The molecule has 0 fully saturated rings. The molecule has 0 aliphatic carbocycles. The molecule has 3 atom stereocenters. The zero-order valence-electron chi connectivity index (χ0n) is 11.9. The zero-order valence-corrected chi connectivity index (χ0v) is 13.5. The van der Waals surface area contributed by atoms with Gasteiger partial charge in [0.1, 0.15) is 0 Å². The van der Waals surface area contributed by atoms with Crippen molar-refractivity contribution in [1.29, 1.82) is 0 Å². The van der Waals surface area contributed by atoms with E-state index in [4.69, 9.17) is 0 Å². The van der Waals surface area contributed by atoms with Crippen LogP contribution in [0.1, 0.15) is 58.6 Å². The van der Waals surface area contributed by atoms with Gasteiger partial charge in [-0.1, -0.05) is 33.6 Å². The highest BCUT2D eigenvalue weighted by atomic mass is 32.2. The molecule has 102 valence electrons. The molecule has 0 saturated carbocycles. The molecule has 1 aliphatic rings. The predicted molar refractivity (Wildman–Crippen MR) is 83.7 cm³/mol. The van der Waals surface area contributed by atoms with Crippen molar-refractivity contribution in [3.8, 4) is 0 Å². The van der Waals surface area contributed by atoms with E-state index in [0.717, 1.165) is 11.2 Å². The van der Waals surface area contributed by atoms with Gasteiger partial charge in [0.05, 0.1) is 4.21 Å². The number of hydrogen-bond acceptors (Lipinski definition) is 3. The second kappa shape index (κ2) is 6.44. The number of fused-ring (bicyclic) bond motifs is 1. The van der Waals surface area contributed by atoms with E-state index in [1.54, 1.807) is 5.56 Å². The van der Waals surface area contributed by atoms with E-state index in [9.17, 15) is 0 Å². The third-order valence-electron chi connectivity index (χ3n) is 4.13. The molecule has 0 radical (unpaired) electrons. The van der Waals surface area contributed by atoms with Gasteiger partial charge in [-0.3, -0.25) is 0 Å². The molecule has 1 aromatic heterocycles. The van der Waals surface area contributed by atoms with Gasteiger partial charge in [-0.2, -0.15) is 0 Å². The van der Waals surface area contributed by atoms with Gasteiger partial charge in [0, 0.05) is 17.3 Å². The lowest BCUT2D eigenvalue weighted by molar-refractivity contribution is 0.313. The lowest BCUT2D eigenvalue weighted by atomic mass is 9.93. The van der Waals surface area contributed by atoms with E-state index in [2.05, 4.69) is 44.5 Å². The molecule has 1 N–H and O–H groups in total. The lowest BCUT2D eigenvalue weighted by Gasteiger charge is -2.32. The highest BCUT2D eigenvalue weighted by Crippen LogP contribution is 2.44. The Bertz CT molecular complexity index is 370. The molecule has 0 bridgehead atoms. The first-order valence-electron chi connectivity index (χ1n) is 7.15. The Hall–Kier alpha value is 0.0100. The molecule has 3 heteroatoms. The van der Waals surface area contributed by atoms with E-state index in [-0.39, 0.29) is 0 Å². The van der Waals surface area contributed by atoms with E-state index >= 15 is 0 Å². The van der Waals surface area contributed by atoms with Crippen LogP contribution < -0.4 is 5.32 Å². The second-order valence-electron chi connectivity index (χ2n) is 5.41. The summed E-state index contributed by atoms with van der Waals surface area (Å²) in [7, 11) is 0. The molecular weight excluding hydrogens is 258 g/mol. The number of nitrogens with one attached hydrogen (secondary N) is 1. The Labute approximate surface area is 120 Å². The van der Waals surface area contributed by atoms with Crippen molar-refractivity contribution < 1.29 is 0 Å². The summed E-state index contributed by atoms with van der Waals surface area (Å²) >= 11 is 3.95. The standard InChI is InChI=1S/C15H25NS2/c1-5-12(6-2)11(4)16-14-9-10(3)18-15-13(14)7-8-17-15/h7-8,10-12,14,16H,5-6,9H2,1-4H3/t10-,11?,14?/m0/s1. The third kappa shape index (κ3) is 3.12. The zero-order chi connectivity index (χ0) is 13.1. The van der Waals surface area contributed by atoms with E-state index < -0.39 is 0 Å². The highest BCUT2D eigenvalue weighted by Gasteiger charge is 2.28. The number of thioether (sulfide) groups is 1. The molecule has 2 unspecified atom stereocenters. The van der Waals surface area contributed by atoms with Crippen LogP contribution in [0.3, 0.4) is 0 Å². The smallest absolute Gasteiger partial charge is 0.0649 e. The molecule has 1 aliphatic heterocycles. The number of thiophene rings is 1. The summed E-state index contributed by atoms with van der Waals surface area (Å²) in [6.07, 6.45) is 3.81. The maximum Gasteiger partial charge on any atom is 0.0649 e. The summed E-state index contributed by atoms with van der Waals surface area (Å²) in [5.74, 6) is 0.803. The van der Waals surface area contributed by atoms with Crippen molar-refractivity contribution in [2.75, 3.05) is 0 Å². The normalized spacial score (nSPS) is 25.2. The largest absolute Gasteiger partial charge is 0.307 e. The van der Waals surface area contributed by atoms with Crippen molar-refractivity contribution in [3.05, 3.63) is 17.0 Å². The number of rotatable bonds is 5. The van der Waals surface area contributed by atoms with Crippen LogP contribution in [0.15, 0.2) is 15.7 Å². The summed E-state index contributed by atoms with van der Waals surface area (Å²) in [6.45, 7) is 9.32. The average Bonchev–Trinajstić information content (AvgIpc) is 2.78. The number of hydrogen-bond donors (Lipinski definition) is 1. The summed E-state index contributed by atoms with van der Waals surface area (Å²) < 4.78 is 1.53. The summed E-state index contributed by atoms with van der Waals surface area (Å²) in [5.41, 5.74) is 1.54. The predicted octanol–water partition coefficient (Wildman–Crippen LogP) is 5.09. The fourth-order valence-corrected chi connectivity index (χ4v) is 5.52. The fraction of sp³-hybridized carbons (Fsp3) is 0.733. The lowest BCUT2D eigenvalue weighted by Crippen LogP contribution is -2.38. The van der Waals surface area contributed by atoms with Crippen LogP contribution in [0.4, 0.5) is 0 Å². The fourth-order valence-electron chi connectivity index (χ4n) is 2.96. The minimum Gasteiger partial charge on any atom is -0.307 e. The van der Waals surface area contributed by atoms with Crippen LogP contribution in [0.5, 0.6) is 0 Å². The van der Waals surface area contributed by atoms with E-state index in [0.29, 0.717) is 12.1 Å². The molecule has 0 amide bonds. The van der Waals surface area contributed by atoms with E-state index in [1.165, 1.54) is 23.5 Å². The molecule has 0 spiro atoms. The van der Waals surface area contributed by atoms with Gasteiger partial charge in [-0.25, -0.2) is 0 Å². The first-order valence-corrected chi connectivity index (χ1v) is 8.91. The maximum absolute atomic E-state index is 3.89. The molecule has 0 saturated heterocycles. The topological polar surface area (TPSA) is 12.0 Å². The molecule has 1 aromatic rings. The van der Waals surface area contributed by atoms with Crippen LogP contribution in [0.2, 0.25) is 0 Å². The molecule has 0 aromatic carbocycles. The van der Waals surface area contributed by atoms with Crippen LogP contribution in [0.25, 0.3) is 0 Å². The Morgan fingerprint density at radius 1 is 1.39 bits per heavy atom. The first kappa shape index (κ1) is 14.4. The van der Waals surface area contributed by atoms with Crippen molar-refractivity contribution in [2.24, 2.45) is 5.92 Å². The van der Waals surface area contributed by atoms with Crippen molar-refractivity contribution in [1.82, 2.24) is 5.32 Å². The molecular formula is C15H25NS2. The van der Waals surface area contributed by atoms with Gasteiger partial charge in [0.25, 0.3) is 0 Å². The molecule has 1 nitrogen and oxygen atoms in total. The molecule has 2 heterocycles. The Morgan fingerprint density at radius 3 is 2.78 bits per heavy atom. The van der Waals surface area contributed by atoms with Gasteiger partial charge in [0.15, 0.2) is 0 Å². The summed E-state index contributed by atoms with van der Waals surface area (Å²) in [6, 6.07) is 3.50.